The van der Waals surface area contributed by atoms with Crippen LogP contribution in [0, 0.1) is 6.92 Å². The second-order valence-corrected chi connectivity index (χ2v) is 11.8. The molecule has 198 valence electrons. The maximum absolute atomic E-state index is 14.8. The molecule has 8 heteroatoms. The van der Waals surface area contributed by atoms with Crippen LogP contribution in [0.25, 0.3) is 0 Å². The van der Waals surface area contributed by atoms with Crippen LogP contribution in [-0.4, -0.2) is 35.5 Å². The van der Waals surface area contributed by atoms with Gasteiger partial charge in [-0.15, -0.1) is 0 Å². The van der Waals surface area contributed by atoms with Gasteiger partial charge >= 0.3 is 6.09 Å². The van der Waals surface area contributed by atoms with Gasteiger partial charge in [-0.1, -0.05) is 78.4 Å². The van der Waals surface area contributed by atoms with Crippen molar-refractivity contribution in [3.05, 3.63) is 95.1 Å². The Hall–Kier alpha value is -4.04. The van der Waals surface area contributed by atoms with E-state index in [0.29, 0.717) is 11.3 Å². The molecule has 0 radical (unpaired) electrons. The smallest absolute Gasteiger partial charge is 0.421 e. The van der Waals surface area contributed by atoms with Crippen molar-refractivity contribution in [3.8, 4) is 0 Å². The quantitative estimate of drug-likeness (QED) is 0.434. The van der Waals surface area contributed by atoms with Gasteiger partial charge in [0.15, 0.2) is 5.54 Å². The van der Waals surface area contributed by atoms with Gasteiger partial charge in [0, 0.05) is 24.2 Å². The number of aryl methyl sites for hydroxylation is 1. The topological polar surface area (TPSA) is 79.0 Å². The van der Waals surface area contributed by atoms with Crippen molar-refractivity contribution in [2.75, 3.05) is 16.8 Å². The third-order valence-electron chi connectivity index (χ3n) is 7.96. The van der Waals surface area contributed by atoms with Gasteiger partial charge in [0.2, 0.25) is 0 Å². The zero-order valence-corrected chi connectivity index (χ0v) is 23.3. The molecule has 0 unspecified atom stereocenters. The van der Waals surface area contributed by atoms with Crippen LogP contribution in [0.15, 0.2) is 72.8 Å². The number of thiocarbonyl (C=S) groups is 1. The summed E-state index contributed by atoms with van der Waals surface area (Å²) in [4.78, 5) is 45.6. The first-order valence-corrected chi connectivity index (χ1v) is 13.3. The lowest BCUT2D eigenvalue weighted by molar-refractivity contribution is -0.125. The number of nitrogens with one attached hydrogen (secondary N) is 1. The van der Waals surface area contributed by atoms with Crippen LogP contribution in [0.1, 0.15) is 48.9 Å². The molecular formula is C31H29N3O4S. The largest absolute Gasteiger partial charge is 0.443 e. The van der Waals surface area contributed by atoms with Crippen molar-refractivity contribution in [3.63, 3.8) is 0 Å². The fourth-order valence-corrected chi connectivity index (χ4v) is 6.92. The van der Waals surface area contributed by atoms with Crippen LogP contribution in [0.3, 0.4) is 0 Å². The summed E-state index contributed by atoms with van der Waals surface area (Å²) in [6.07, 6.45) is -0.779. The highest BCUT2D eigenvalue weighted by molar-refractivity contribution is 7.80. The average molecular weight is 540 g/mol. The van der Waals surface area contributed by atoms with Crippen LogP contribution in [0.2, 0.25) is 0 Å². The molecule has 0 aliphatic carbocycles. The molecule has 3 heterocycles. The number of rotatable bonds is 1. The number of para-hydroxylation sites is 2. The number of hydrogen-bond donors (Lipinski definition) is 1. The average Bonchev–Trinajstić information content (AvgIpc) is 3.40. The summed E-state index contributed by atoms with van der Waals surface area (Å²) in [6, 6.07) is 22.5. The van der Waals surface area contributed by atoms with E-state index in [0.717, 1.165) is 27.3 Å². The number of fused-ring (bicyclic) bond motifs is 4. The van der Waals surface area contributed by atoms with E-state index >= 15 is 0 Å². The summed E-state index contributed by atoms with van der Waals surface area (Å²) in [5.41, 5.74) is 0.564. The molecule has 1 fully saturated rings. The van der Waals surface area contributed by atoms with Gasteiger partial charge in [-0.2, -0.15) is 0 Å². The molecule has 6 rings (SSSR count). The van der Waals surface area contributed by atoms with Crippen molar-refractivity contribution in [1.29, 1.82) is 0 Å². The molecule has 3 aromatic rings. The Kier molecular flexibility index (Phi) is 5.33. The molecule has 3 aliphatic heterocycles. The van der Waals surface area contributed by atoms with Crippen molar-refractivity contribution in [2.45, 2.75) is 50.2 Å². The van der Waals surface area contributed by atoms with Crippen molar-refractivity contribution >= 4 is 46.5 Å². The van der Waals surface area contributed by atoms with E-state index in [-0.39, 0.29) is 10.9 Å². The third-order valence-corrected chi connectivity index (χ3v) is 8.39. The van der Waals surface area contributed by atoms with E-state index in [1.165, 1.54) is 0 Å². The Morgan fingerprint density at radius 2 is 1.49 bits per heavy atom. The molecule has 7 nitrogen and oxygen atoms in total. The van der Waals surface area contributed by atoms with Crippen molar-refractivity contribution < 1.29 is 19.1 Å². The van der Waals surface area contributed by atoms with Gasteiger partial charge < -0.3 is 15.0 Å². The van der Waals surface area contributed by atoms with Gasteiger partial charge in [-0.25, -0.2) is 9.69 Å². The lowest BCUT2D eigenvalue weighted by atomic mass is 9.62. The van der Waals surface area contributed by atoms with Crippen molar-refractivity contribution in [2.24, 2.45) is 0 Å². The standard InChI is InChI=1S/C31H29N3O4S/c1-18-14-16-19(17-15-18)24-30(25(39)32-31(24)21-11-7-8-12-22(21)33(5)27(31)36)20-10-6-9-13-23(20)34(26(30)35)28(37)38-29(2,3)4/h6-17,24H,1-5H3,(H,32,39)/t24-,30-,31-/m0/s1. The molecule has 39 heavy (non-hydrogen) atoms. The van der Waals surface area contributed by atoms with Crippen LogP contribution in [-0.2, 0) is 25.3 Å². The summed E-state index contributed by atoms with van der Waals surface area (Å²) < 4.78 is 5.68. The highest BCUT2D eigenvalue weighted by Gasteiger charge is 2.74. The van der Waals surface area contributed by atoms with Gasteiger partial charge in [0.25, 0.3) is 11.8 Å². The minimum atomic E-state index is -1.52. The maximum Gasteiger partial charge on any atom is 0.421 e. The summed E-state index contributed by atoms with van der Waals surface area (Å²) in [5, 5.41) is 3.38. The second kappa shape index (κ2) is 8.23. The zero-order chi connectivity index (χ0) is 27.9. The molecule has 3 aromatic carbocycles. The van der Waals surface area contributed by atoms with Gasteiger partial charge in [-0.05, 0) is 51.0 Å². The molecule has 0 aromatic heterocycles. The van der Waals surface area contributed by atoms with Gasteiger partial charge in [0.05, 0.1) is 10.7 Å². The fraction of sp³-hybridized carbons (Fsp3) is 0.290. The molecule has 3 amide bonds. The Labute approximate surface area is 232 Å². The van der Waals surface area contributed by atoms with E-state index in [4.69, 9.17) is 17.0 Å². The molecule has 1 N–H and O–H groups in total. The fourth-order valence-electron chi connectivity index (χ4n) is 6.44. The van der Waals surface area contributed by atoms with E-state index in [2.05, 4.69) is 5.32 Å². The molecule has 2 spiro atoms. The Bertz CT molecular complexity index is 1580. The maximum atomic E-state index is 14.8. The first-order chi connectivity index (χ1) is 18.4. The minimum absolute atomic E-state index is 0.204. The van der Waals surface area contributed by atoms with E-state index in [1.807, 2.05) is 67.6 Å². The number of amides is 3. The Balaban J connectivity index is 1.67. The monoisotopic (exact) mass is 539 g/mol. The van der Waals surface area contributed by atoms with Crippen LogP contribution < -0.4 is 15.1 Å². The molecule has 0 saturated carbocycles. The number of carbonyl (C=O) groups is 3. The highest BCUT2D eigenvalue weighted by atomic mass is 32.1. The zero-order valence-electron chi connectivity index (χ0n) is 22.4. The number of ether oxygens (including phenoxy) is 1. The highest BCUT2D eigenvalue weighted by Crippen LogP contribution is 2.63. The van der Waals surface area contributed by atoms with Crippen LogP contribution in [0.5, 0.6) is 0 Å². The van der Waals surface area contributed by atoms with Crippen molar-refractivity contribution in [1.82, 2.24) is 5.32 Å². The normalized spacial score (nSPS) is 25.4. The molecule has 3 atom stereocenters. The Morgan fingerprint density at radius 3 is 2.13 bits per heavy atom. The van der Waals surface area contributed by atoms with Crippen LogP contribution >= 0.6 is 12.2 Å². The first kappa shape index (κ1) is 25.2. The molecule has 0 bridgehead atoms. The third kappa shape index (κ3) is 3.21. The summed E-state index contributed by atoms with van der Waals surface area (Å²) >= 11 is 6.04. The Morgan fingerprint density at radius 1 is 0.897 bits per heavy atom. The minimum Gasteiger partial charge on any atom is -0.443 e. The predicted octanol–water partition coefficient (Wildman–Crippen LogP) is 5.10. The summed E-state index contributed by atoms with van der Waals surface area (Å²) in [5.74, 6) is -1.52. The lowest BCUT2D eigenvalue weighted by Crippen LogP contribution is -2.52. The summed E-state index contributed by atoms with van der Waals surface area (Å²) in [7, 11) is 1.73. The SMILES string of the molecule is Cc1ccc([C@H]2[C@]3(C(=O)N(C(=O)OC(C)(C)C)c4ccccc43)C(=S)N[C@]23C(=O)N(C)c2ccccc23)cc1. The van der Waals surface area contributed by atoms with E-state index in [1.54, 1.807) is 44.9 Å². The van der Waals surface area contributed by atoms with Gasteiger partial charge in [-0.3, -0.25) is 9.59 Å². The first-order valence-electron chi connectivity index (χ1n) is 12.9. The number of imide groups is 1. The molecule has 1 saturated heterocycles. The molecule has 3 aliphatic rings. The second-order valence-electron chi connectivity index (χ2n) is 11.4. The number of benzene rings is 3. The van der Waals surface area contributed by atoms with E-state index in [9.17, 15) is 14.4 Å². The molecular weight excluding hydrogens is 510 g/mol. The number of likely N-dealkylation sites (N-methyl/N-ethyl adjacent to an activating group) is 1. The predicted molar refractivity (Wildman–Crippen MR) is 153 cm³/mol. The van der Waals surface area contributed by atoms with Crippen LogP contribution in [0.4, 0.5) is 16.2 Å². The van der Waals surface area contributed by atoms with Gasteiger partial charge in [0.1, 0.15) is 11.0 Å². The summed E-state index contributed by atoms with van der Waals surface area (Å²) in [6.45, 7) is 7.24. The number of hydrogen-bond acceptors (Lipinski definition) is 5. The van der Waals surface area contributed by atoms with E-state index < -0.39 is 34.5 Å². The number of anilines is 2. The number of nitrogens with zero attached hydrogens (tertiary/aromatic N) is 2. The lowest BCUT2D eigenvalue weighted by Gasteiger charge is -2.36. The number of carbonyl (C=O) groups excluding carboxylic acids is 3.